The van der Waals surface area contributed by atoms with Gasteiger partial charge in [-0.2, -0.15) is 8.78 Å². The number of rotatable bonds is 8. The van der Waals surface area contributed by atoms with Crippen molar-refractivity contribution in [3.8, 4) is 5.75 Å². The van der Waals surface area contributed by atoms with Gasteiger partial charge in [0, 0.05) is 12.2 Å². The third kappa shape index (κ3) is 5.62. The van der Waals surface area contributed by atoms with Crippen LogP contribution in [0, 0.1) is 0 Å². The highest BCUT2D eigenvalue weighted by Crippen LogP contribution is 2.17. The van der Waals surface area contributed by atoms with Gasteiger partial charge in [-0.05, 0) is 35.9 Å². The van der Waals surface area contributed by atoms with Crippen molar-refractivity contribution in [2.75, 3.05) is 11.9 Å². The van der Waals surface area contributed by atoms with Gasteiger partial charge in [0.2, 0.25) is 5.91 Å². The van der Waals surface area contributed by atoms with Crippen LogP contribution in [0.15, 0.2) is 48.5 Å². The molecule has 0 unspecified atom stereocenters. The van der Waals surface area contributed by atoms with Crippen molar-refractivity contribution >= 4 is 11.6 Å². The highest BCUT2D eigenvalue weighted by molar-refractivity contribution is 5.93. The van der Waals surface area contributed by atoms with Crippen molar-refractivity contribution in [2.45, 2.75) is 26.5 Å². The summed E-state index contributed by atoms with van der Waals surface area (Å²) in [4.78, 5) is 12.2. The van der Waals surface area contributed by atoms with E-state index >= 15 is 0 Å². The smallest absolute Gasteiger partial charge is 0.387 e. The number of benzene rings is 2. The van der Waals surface area contributed by atoms with Crippen LogP contribution < -0.4 is 15.4 Å². The maximum atomic E-state index is 12.2. The largest absolute Gasteiger partial charge is 0.435 e. The second kappa shape index (κ2) is 8.98. The molecule has 0 aliphatic rings. The molecule has 0 saturated heterocycles. The molecule has 6 heteroatoms. The normalized spacial score (nSPS) is 10.7. The number of para-hydroxylation sites is 1. The molecular formula is C18H20F2N2O2. The third-order valence-electron chi connectivity index (χ3n) is 3.37. The topological polar surface area (TPSA) is 50.4 Å². The highest BCUT2D eigenvalue weighted by Gasteiger charge is 2.08. The molecular weight excluding hydrogens is 314 g/mol. The number of alkyl halides is 2. The average Bonchev–Trinajstić information content (AvgIpc) is 2.55. The summed E-state index contributed by atoms with van der Waals surface area (Å²) in [6.45, 7) is 0.678. The van der Waals surface area contributed by atoms with E-state index in [0.717, 1.165) is 23.4 Å². The molecule has 2 aromatic rings. The number of amides is 1. The monoisotopic (exact) mass is 334 g/mol. The van der Waals surface area contributed by atoms with Crippen LogP contribution in [0.3, 0.4) is 0 Å². The molecule has 128 valence electrons. The van der Waals surface area contributed by atoms with E-state index in [1.165, 1.54) is 12.1 Å². The van der Waals surface area contributed by atoms with Gasteiger partial charge in [-0.3, -0.25) is 4.79 Å². The van der Waals surface area contributed by atoms with Crippen LogP contribution in [0.1, 0.15) is 18.1 Å². The summed E-state index contributed by atoms with van der Waals surface area (Å²) in [6, 6.07) is 13.6. The molecule has 0 atom stereocenters. The second-order valence-corrected chi connectivity index (χ2v) is 5.18. The molecule has 0 heterocycles. The zero-order valence-corrected chi connectivity index (χ0v) is 13.4. The zero-order valence-electron chi connectivity index (χ0n) is 13.4. The Balaban J connectivity index is 1.96. The standard InChI is InChI=1S/C18H20F2N2O2/c1-2-21-12-14-5-3-4-6-16(14)22-17(23)11-13-7-9-15(10-8-13)24-18(19)20/h3-10,18,21H,2,11-12H2,1H3,(H,22,23). The molecule has 0 fully saturated rings. The number of nitrogens with one attached hydrogen (secondary N) is 2. The molecule has 0 spiro atoms. The molecule has 2 N–H and O–H groups in total. The number of anilines is 1. The first-order valence-electron chi connectivity index (χ1n) is 7.70. The first-order valence-corrected chi connectivity index (χ1v) is 7.70. The van der Waals surface area contributed by atoms with Gasteiger partial charge in [-0.15, -0.1) is 0 Å². The Morgan fingerprint density at radius 3 is 2.50 bits per heavy atom. The van der Waals surface area contributed by atoms with Crippen LogP contribution in [0.2, 0.25) is 0 Å². The van der Waals surface area contributed by atoms with Crippen molar-refractivity contribution in [3.05, 3.63) is 59.7 Å². The van der Waals surface area contributed by atoms with Gasteiger partial charge >= 0.3 is 6.61 Å². The lowest BCUT2D eigenvalue weighted by Gasteiger charge is -2.11. The summed E-state index contributed by atoms with van der Waals surface area (Å²) >= 11 is 0. The van der Waals surface area contributed by atoms with Crippen molar-refractivity contribution < 1.29 is 18.3 Å². The van der Waals surface area contributed by atoms with Gasteiger partial charge < -0.3 is 15.4 Å². The van der Waals surface area contributed by atoms with Crippen molar-refractivity contribution in [3.63, 3.8) is 0 Å². The van der Waals surface area contributed by atoms with E-state index in [0.29, 0.717) is 6.54 Å². The average molecular weight is 334 g/mol. The molecule has 24 heavy (non-hydrogen) atoms. The van der Waals surface area contributed by atoms with Crippen LogP contribution in [0.25, 0.3) is 0 Å². The lowest BCUT2D eigenvalue weighted by Crippen LogP contribution is -2.18. The third-order valence-corrected chi connectivity index (χ3v) is 3.37. The van der Waals surface area contributed by atoms with Crippen LogP contribution >= 0.6 is 0 Å². The Hall–Kier alpha value is -2.47. The fourth-order valence-corrected chi connectivity index (χ4v) is 2.22. The quantitative estimate of drug-likeness (QED) is 0.776. The molecule has 0 saturated carbocycles. The first-order chi connectivity index (χ1) is 11.6. The maximum absolute atomic E-state index is 12.2. The molecule has 1 amide bonds. The number of ether oxygens (including phenoxy) is 1. The number of hydrogen-bond donors (Lipinski definition) is 2. The number of carbonyl (C=O) groups excluding carboxylic acids is 1. The predicted octanol–water partition coefficient (Wildman–Crippen LogP) is 3.58. The number of carbonyl (C=O) groups is 1. The van der Waals surface area contributed by atoms with Gasteiger partial charge in [-0.25, -0.2) is 0 Å². The lowest BCUT2D eigenvalue weighted by atomic mass is 10.1. The summed E-state index contributed by atoms with van der Waals surface area (Å²) in [6.07, 6.45) is 0.157. The summed E-state index contributed by atoms with van der Waals surface area (Å²) in [5, 5.41) is 6.11. The first kappa shape index (κ1) is 17.9. The summed E-state index contributed by atoms with van der Waals surface area (Å²) in [7, 11) is 0. The Kier molecular flexibility index (Phi) is 6.69. The Labute approximate surface area is 139 Å². The van der Waals surface area contributed by atoms with Gasteiger partial charge in [0.05, 0.1) is 6.42 Å². The molecule has 0 aliphatic heterocycles. The highest BCUT2D eigenvalue weighted by atomic mass is 19.3. The van der Waals surface area contributed by atoms with E-state index in [4.69, 9.17) is 0 Å². The van der Waals surface area contributed by atoms with Crippen LogP contribution in [-0.4, -0.2) is 19.1 Å². The number of hydrogen-bond acceptors (Lipinski definition) is 3. The van der Waals surface area contributed by atoms with Gasteiger partial charge in [-0.1, -0.05) is 37.3 Å². The van der Waals surface area contributed by atoms with E-state index in [1.54, 1.807) is 12.1 Å². The lowest BCUT2D eigenvalue weighted by molar-refractivity contribution is -0.115. The van der Waals surface area contributed by atoms with E-state index in [9.17, 15) is 13.6 Å². The van der Waals surface area contributed by atoms with E-state index < -0.39 is 6.61 Å². The van der Waals surface area contributed by atoms with Crippen LogP contribution in [-0.2, 0) is 17.8 Å². The van der Waals surface area contributed by atoms with Gasteiger partial charge in [0.1, 0.15) is 5.75 Å². The summed E-state index contributed by atoms with van der Waals surface area (Å²) in [5.41, 5.74) is 2.49. The fourth-order valence-electron chi connectivity index (χ4n) is 2.22. The van der Waals surface area contributed by atoms with Crippen molar-refractivity contribution in [1.82, 2.24) is 5.32 Å². The van der Waals surface area contributed by atoms with Crippen molar-refractivity contribution in [2.24, 2.45) is 0 Å². The van der Waals surface area contributed by atoms with Crippen LogP contribution in [0.4, 0.5) is 14.5 Å². The minimum Gasteiger partial charge on any atom is -0.435 e. The number of halogens is 2. The second-order valence-electron chi connectivity index (χ2n) is 5.18. The Morgan fingerprint density at radius 1 is 1.12 bits per heavy atom. The van der Waals surface area contributed by atoms with Gasteiger partial charge in [0.25, 0.3) is 0 Å². The van der Waals surface area contributed by atoms with Gasteiger partial charge in [0.15, 0.2) is 0 Å². The molecule has 0 radical (unpaired) electrons. The van der Waals surface area contributed by atoms with E-state index in [-0.39, 0.29) is 18.1 Å². The molecule has 0 aromatic heterocycles. The van der Waals surface area contributed by atoms with E-state index in [2.05, 4.69) is 15.4 Å². The molecule has 2 aromatic carbocycles. The predicted molar refractivity (Wildman–Crippen MR) is 89.2 cm³/mol. The summed E-state index contributed by atoms with van der Waals surface area (Å²) < 4.78 is 28.5. The molecule has 0 aliphatic carbocycles. The Bertz CT molecular complexity index is 660. The molecule has 4 nitrogen and oxygen atoms in total. The zero-order chi connectivity index (χ0) is 17.4. The van der Waals surface area contributed by atoms with E-state index in [1.807, 2.05) is 31.2 Å². The SMILES string of the molecule is CCNCc1ccccc1NC(=O)Cc1ccc(OC(F)F)cc1. The maximum Gasteiger partial charge on any atom is 0.387 e. The molecule has 2 rings (SSSR count). The summed E-state index contributed by atoms with van der Waals surface area (Å²) in [5.74, 6) is -0.0911. The molecule has 0 bridgehead atoms. The Morgan fingerprint density at radius 2 is 1.83 bits per heavy atom. The van der Waals surface area contributed by atoms with Crippen LogP contribution in [0.5, 0.6) is 5.75 Å². The minimum absolute atomic E-state index is 0.0742. The minimum atomic E-state index is -2.85. The fraction of sp³-hybridized carbons (Fsp3) is 0.278. The van der Waals surface area contributed by atoms with Crippen molar-refractivity contribution in [1.29, 1.82) is 0 Å².